The van der Waals surface area contributed by atoms with Crippen LogP contribution in [-0.4, -0.2) is 22.1 Å². The topological polar surface area (TPSA) is 20.2 Å². The molecule has 17 heavy (non-hydrogen) atoms. The van der Waals surface area contributed by atoms with Crippen LogP contribution >= 0.6 is 11.8 Å². The van der Waals surface area contributed by atoms with Gasteiger partial charge in [-0.2, -0.15) is 13.2 Å². The predicted molar refractivity (Wildman–Crippen MR) is 66.9 cm³/mol. The van der Waals surface area contributed by atoms with Crippen molar-refractivity contribution in [2.24, 2.45) is 5.92 Å². The van der Waals surface area contributed by atoms with Crippen molar-refractivity contribution in [1.82, 2.24) is 0 Å². The summed E-state index contributed by atoms with van der Waals surface area (Å²) in [6.07, 6.45) is -4.44. The van der Waals surface area contributed by atoms with Crippen LogP contribution in [0.1, 0.15) is 41.0 Å². The number of hydrogen-bond donors (Lipinski definition) is 1. The molecule has 0 spiro atoms. The molecule has 0 aliphatic carbocycles. The molecule has 0 aromatic carbocycles. The fourth-order valence-corrected chi connectivity index (χ4v) is 2.59. The Morgan fingerprint density at radius 3 is 2.06 bits per heavy atom. The van der Waals surface area contributed by atoms with Crippen LogP contribution in [0.3, 0.4) is 0 Å². The summed E-state index contributed by atoms with van der Waals surface area (Å²) in [6, 6.07) is 0. The third-order valence-electron chi connectivity index (χ3n) is 2.09. The third kappa shape index (κ3) is 6.36. The van der Waals surface area contributed by atoms with E-state index < -0.39 is 18.2 Å². The lowest BCUT2D eigenvalue weighted by Gasteiger charge is -2.28. The lowest BCUT2D eigenvalue weighted by Crippen LogP contribution is -2.35. The highest BCUT2D eigenvalue weighted by Gasteiger charge is 2.43. The zero-order chi connectivity index (χ0) is 13.9. The highest BCUT2D eigenvalue weighted by molar-refractivity contribution is 8.04. The Morgan fingerprint density at radius 1 is 1.29 bits per heavy atom. The number of halogens is 3. The van der Waals surface area contributed by atoms with E-state index in [-0.39, 0.29) is 4.75 Å². The van der Waals surface area contributed by atoms with Gasteiger partial charge >= 0.3 is 6.18 Å². The van der Waals surface area contributed by atoms with Crippen LogP contribution in [-0.2, 0) is 0 Å². The summed E-state index contributed by atoms with van der Waals surface area (Å²) < 4.78 is 37.2. The Labute approximate surface area is 105 Å². The summed E-state index contributed by atoms with van der Waals surface area (Å²) in [7, 11) is 0. The number of alkyl halides is 3. The average Bonchev–Trinajstić information content (AvgIpc) is 2.11. The third-order valence-corrected chi connectivity index (χ3v) is 3.47. The van der Waals surface area contributed by atoms with Crippen LogP contribution in [0, 0.1) is 5.92 Å². The van der Waals surface area contributed by atoms with E-state index in [4.69, 9.17) is 0 Å². The van der Waals surface area contributed by atoms with Crippen molar-refractivity contribution in [2.45, 2.75) is 58.1 Å². The Hall–Kier alpha value is -0.160. The number of aliphatic hydroxyl groups is 1. The standard InChI is InChI=1S/C12H21F3OS/c1-6-7-9(17-11(3,4)5)8(2)10(16)12(13,14)15/h7-8,10,16H,6H2,1-5H3/b9-7+/t8-,10+/m0/s1. The SMILES string of the molecule is CC/C=C(/SC(C)(C)C)[C@H](C)[C@@H](O)C(F)(F)F. The number of hydrogen-bond acceptors (Lipinski definition) is 2. The van der Waals surface area contributed by atoms with E-state index >= 15 is 0 Å². The van der Waals surface area contributed by atoms with Gasteiger partial charge < -0.3 is 5.11 Å². The van der Waals surface area contributed by atoms with Crippen molar-refractivity contribution < 1.29 is 18.3 Å². The first-order chi connectivity index (χ1) is 7.49. The first kappa shape index (κ1) is 16.8. The second-order valence-electron chi connectivity index (χ2n) is 5.00. The molecule has 0 bridgehead atoms. The number of rotatable bonds is 4. The summed E-state index contributed by atoms with van der Waals surface area (Å²) in [5, 5.41) is 9.27. The van der Waals surface area contributed by atoms with Crippen LogP contribution in [0.4, 0.5) is 13.2 Å². The van der Waals surface area contributed by atoms with Gasteiger partial charge in [0.1, 0.15) is 0 Å². The van der Waals surface area contributed by atoms with E-state index in [2.05, 4.69) is 0 Å². The summed E-state index contributed by atoms with van der Waals surface area (Å²) in [5.41, 5.74) is 0. The van der Waals surface area contributed by atoms with Crippen LogP contribution in [0.25, 0.3) is 0 Å². The van der Waals surface area contributed by atoms with Crippen molar-refractivity contribution in [3.05, 3.63) is 11.0 Å². The van der Waals surface area contributed by atoms with Crippen molar-refractivity contribution in [3.8, 4) is 0 Å². The molecular weight excluding hydrogens is 249 g/mol. The highest BCUT2D eigenvalue weighted by Crippen LogP contribution is 2.40. The predicted octanol–water partition coefficient (Wildman–Crippen LogP) is 4.37. The van der Waals surface area contributed by atoms with Crippen LogP contribution in [0.2, 0.25) is 0 Å². The normalized spacial score (nSPS) is 18.1. The summed E-state index contributed by atoms with van der Waals surface area (Å²) in [4.78, 5) is 0.602. The van der Waals surface area contributed by atoms with Crippen LogP contribution < -0.4 is 0 Å². The van der Waals surface area contributed by atoms with Crippen LogP contribution in [0.5, 0.6) is 0 Å². The fourth-order valence-electron chi connectivity index (χ4n) is 1.31. The molecule has 0 unspecified atom stereocenters. The van der Waals surface area contributed by atoms with E-state index in [1.807, 2.05) is 27.7 Å². The van der Waals surface area contributed by atoms with Gasteiger partial charge in [0.2, 0.25) is 0 Å². The van der Waals surface area contributed by atoms with Gasteiger partial charge in [-0.3, -0.25) is 0 Å². The molecule has 0 saturated heterocycles. The van der Waals surface area contributed by atoms with Gasteiger partial charge in [-0.1, -0.05) is 40.7 Å². The highest BCUT2D eigenvalue weighted by atomic mass is 32.2. The molecule has 0 aliphatic heterocycles. The van der Waals surface area contributed by atoms with Crippen molar-refractivity contribution in [2.75, 3.05) is 0 Å². The van der Waals surface area contributed by atoms with Gasteiger partial charge in [0.05, 0.1) is 0 Å². The molecule has 0 heterocycles. The Kier molecular flexibility index (Phi) is 6.08. The van der Waals surface area contributed by atoms with Crippen molar-refractivity contribution >= 4 is 11.8 Å². The molecule has 0 radical (unpaired) electrons. The minimum atomic E-state index is -4.56. The molecule has 0 aromatic rings. The molecule has 0 amide bonds. The maximum atomic E-state index is 12.4. The van der Waals surface area contributed by atoms with Crippen LogP contribution in [0.15, 0.2) is 11.0 Å². The summed E-state index contributed by atoms with van der Waals surface area (Å²) in [5.74, 6) is -0.917. The summed E-state index contributed by atoms with van der Waals surface area (Å²) >= 11 is 1.38. The number of allylic oxidation sites excluding steroid dienone is 1. The average molecular weight is 270 g/mol. The maximum absolute atomic E-state index is 12.4. The molecule has 0 fully saturated rings. The van der Waals surface area contributed by atoms with Gasteiger partial charge in [-0.05, 0) is 11.3 Å². The largest absolute Gasteiger partial charge is 0.414 e. The fraction of sp³-hybridized carbons (Fsp3) is 0.833. The second-order valence-corrected chi connectivity index (χ2v) is 6.90. The molecule has 0 rings (SSSR count). The zero-order valence-electron chi connectivity index (χ0n) is 10.9. The molecule has 102 valence electrons. The summed E-state index contributed by atoms with van der Waals surface area (Å²) in [6.45, 7) is 9.10. The first-order valence-electron chi connectivity index (χ1n) is 5.63. The molecule has 0 saturated carbocycles. The molecule has 2 atom stereocenters. The molecule has 0 aliphatic rings. The molecule has 1 N–H and O–H groups in total. The lowest BCUT2D eigenvalue weighted by molar-refractivity contribution is -0.213. The minimum Gasteiger partial charge on any atom is -0.383 e. The minimum absolute atomic E-state index is 0.166. The van der Waals surface area contributed by atoms with E-state index in [1.165, 1.54) is 18.7 Å². The van der Waals surface area contributed by atoms with E-state index in [0.29, 0.717) is 11.3 Å². The van der Waals surface area contributed by atoms with E-state index in [9.17, 15) is 18.3 Å². The Morgan fingerprint density at radius 2 is 1.76 bits per heavy atom. The number of thioether (sulfide) groups is 1. The van der Waals surface area contributed by atoms with Gasteiger partial charge in [0.25, 0.3) is 0 Å². The monoisotopic (exact) mass is 270 g/mol. The van der Waals surface area contributed by atoms with Crippen molar-refractivity contribution in [3.63, 3.8) is 0 Å². The zero-order valence-corrected chi connectivity index (χ0v) is 11.7. The van der Waals surface area contributed by atoms with Gasteiger partial charge in [0, 0.05) is 10.7 Å². The van der Waals surface area contributed by atoms with Crippen molar-refractivity contribution in [1.29, 1.82) is 0 Å². The van der Waals surface area contributed by atoms with Gasteiger partial charge in [0.15, 0.2) is 6.10 Å². The molecule has 5 heteroatoms. The maximum Gasteiger partial charge on any atom is 0.414 e. The first-order valence-corrected chi connectivity index (χ1v) is 6.44. The Bertz CT molecular complexity index is 266. The van der Waals surface area contributed by atoms with E-state index in [0.717, 1.165) is 0 Å². The van der Waals surface area contributed by atoms with E-state index in [1.54, 1.807) is 6.08 Å². The van der Waals surface area contributed by atoms with Gasteiger partial charge in [-0.25, -0.2) is 0 Å². The smallest absolute Gasteiger partial charge is 0.383 e. The lowest BCUT2D eigenvalue weighted by atomic mass is 10.0. The Balaban J connectivity index is 4.91. The quantitative estimate of drug-likeness (QED) is 0.818. The second kappa shape index (κ2) is 6.14. The molecule has 0 aromatic heterocycles. The molecule has 1 nitrogen and oxygen atoms in total. The van der Waals surface area contributed by atoms with Gasteiger partial charge in [-0.15, -0.1) is 11.8 Å². The molecular formula is C12H21F3OS. The number of aliphatic hydroxyl groups excluding tert-OH is 1.